The number of fused-ring (bicyclic) bond motifs is 1. The SMILES string of the molecule is Oc1ccc(C=CCN2Cc3ccccc3C2)cc1O. The maximum atomic E-state index is 9.43. The number of phenolic OH excluding ortho intramolecular Hbond substituents is 2. The maximum absolute atomic E-state index is 9.43. The third kappa shape index (κ3) is 2.68. The maximum Gasteiger partial charge on any atom is 0.157 e. The van der Waals surface area contributed by atoms with Crippen molar-refractivity contribution >= 4 is 6.08 Å². The number of hydrogen-bond acceptors (Lipinski definition) is 3. The fourth-order valence-corrected chi connectivity index (χ4v) is 2.51. The summed E-state index contributed by atoms with van der Waals surface area (Å²) in [5.74, 6) is -0.169. The molecule has 3 heteroatoms. The molecule has 102 valence electrons. The molecule has 2 aromatic carbocycles. The minimum atomic E-state index is -0.0860. The summed E-state index contributed by atoms with van der Waals surface area (Å²) >= 11 is 0. The molecule has 0 bridgehead atoms. The Hall–Kier alpha value is -2.26. The highest BCUT2D eigenvalue weighted by molar-refractivity contribution is 5.55. The summed E-state index contributed by atoms with van der Waals surface area (Å²) < 4.78 is 0. The molecule has 2 aromatic rings. The topological polar surface area (TPSA) is 43.7 Å². The van der Waals surface area contributed by atoms with Gasteiger partial charge in [-0.25, -0.2) is 0 Å². The highest BCUT2D eigenvalue weighted by Crippen LogP contribution is 2.25. The number of aromatic hydroxyl groups is 2. The molecule has 0 saturated carbocycles. The van der Waals surface area contributed by atoms with Crippen LogP contribution in [-0.4, -0.2) is 21.7 Å². The van der Waals surface area contributed by atoms with Gasteiger partial charge in [0.05, 0.1) is 0 Å². The van der Waals surface area contributed by atoms with Gasteiger partial charge >= 0.3 is 0 Å². The summed E-state index contributed by atoms with van der Waals surface area (Å²) in [5.41, 5.74) is 3.70. The second-order valence-electron chi connectivity index (χ2n) is 5.09. The van der Waals surface area contributed by atoms with Crippen LogP contribution in [0.4, 0.5) is 0 Å². The molecule has 0 amide bonds. The molecule has 3 rings (SSSR count). The molecule has 0 aliphatic carbocycles. The van der Waals surface area contributed by atoms with Crippen molar-refractivity contribution in [2.75, 3.05) is 6.54 Å². The van der Waals surface area contributed by atoms with Crippen LogP contribution < -0.4 is 0 Å². The summed E-state index contributed by atoms with van der Waals surface area (Å²) in [5, 5.41) is 18.7. The second-order valence-corrected chi connectivity index (χ2v) is 5.09. The van der Waals surface area contributed by atoms with Crippen LogP contribution in [0.2, 0.25) is 0 Å². The van der Waals surface area contributed by atoms with E-state index in [4.69, 9.17) is 0 Å². The van der Waals surface area contributed by atoms with Gasteiger partial charge in [0.25, 0.3) is 0 Å². The quantitative estimate of drug-likeness (QED) is 0.840. The molecular weight excluding hydrogens is 250 g/mol. The molecule has 0 fully saturated rings. The minimum Gasteiger partial charge on any atom is -0.504 e. The second kappa shape index (κ2) is 5.39. The Bertz CT molecular complexity index is 624. The number of phenols is 2. The van der Waals surface area contributed by atoms with Gasteiger partial charge in [-0.2, -0.15) is 0 Å². The molecule has 20 heavy (non-hydrogen) atoms. The van der Waals surface area contributed by atoms with Crippen molar-refractivity contribution in [1.82, 2.24) is 4.90 Å². The van der Waals surface area contributed by atoms with Crippen LogP contribution in [0.25, 0.3) is 6.08 Å². The lowest BCUT2D eigenvalue weighted by atomic mass is 10.1. The Kier molecular flexibility index (Phi) is 3.44. The Labute approximate surface area is 118 Å². The predicted octanol–water partition coefficient (Wildman–Crippen LogP) is 3.13. The van der Waals surface area contributed by atoms with E-state index in [1.165, 1.54) is 17.2 Å². The lowest BCUT2D eigenvalue weighted by Gasteiger charge is -2.11. The van der Waals surface area contributed by atoms with Crippen molar-refractivity contribution in [1.29, 1.82) is 0 Å². The Morgan fingerprint density at radius 1 is 0.950 bits per heavy atom. The van der Waals surface area contributed by atoms with Crippen LogP contribution in [0.15, 0.2) is 48.5 Å². The number of hydrogen-bond donors (Lipinski definition) is 2. The molecule has 0 spiro atoms. The van der Waals surface area contributed by atoms with E-state index in [9.17, 15) is 10.2 Å². The van der Waals surface area contributed by atoms with E-state index in [1.807, 2.05) is 6.08 Å². The van der Waals surface area contributed by atoms with Crippen LogP contribution in [-0.2, 0) is 13.1 Å². The summed E-state index contributed by atoms with van der Waals surface area (Å²) in [6, 6.07) is 13.4. The average Bonchev–Trinajstić information content (AvgIpc) is 2.85. The Morgan fingerprint density at radius 3 is 2.30 bits per heavy atom. The van der Waals surface area contributed by atoms with E-state index in [1.54, 1.807) is 12.1 Å². The van der Waals surface area contributed by atoms with E-state index in [0.29, 0.717) is 0 Å². The van der Waals surface area contributed by atoms with Gasteiger partial charge in [-0.15, -0.1) is 0 Å². The van der Waals surface area contributed by atoms with Crippen LogP contribution in [0, 0.1) is 0 Å². The van der Waals surface area contributed by atoms with Crippen molar-refractivity contribution in [3.8, 4) is 11.5 Å². The third-order valence-electron chi connectivity index (χ3n) is 3.58. The highest BCUT2D eigenvalue weighted by Gasteiger charge is 2.16. The van der Waals surface area contributed by atoms with Crippen LogP contribution in [0.5, 0.6) is 11.5 Å². The standard InChI is InChI=1S/C17H17NO2/c19-16-8-7-13(10-17(16)20)4-3-9-18-11-14-5-1-2-6-15(14)12-18/h1-8,10,19-20H,9,11-12H2. The molecule has 3 nitrogen and oxygen atoms in total. The van der Waals surface area contributed by atoms with Gasteiger partial charge in [0, 0.05) is 19.6 Å². The fraction of sp³-hybridized carbons (Fsp3) is 0.176. The van der Waals surface area contributed by atoms with Crippen LogP contribution in [0.3, 0.4) is 0 Å². The molecule has 0 aromatic heterocycles. The van der Waals surface area contributed by atoms with Crippen molar-refractivity contribution in [3.63, 3.8) is 0 Å². The van der Waals surface area contributed by atoms with Gasteiger partial charge in [0.1, 0.15) is 0 Å². The molecular formula is C17H17NO2. The number of rotatable bonds is 3. The molecule has 2 N–H and O–H groups in total. The van der Waals surface area contributed by atoms with Crippen LogP contribution >= 0.6 is 0 Å². The minimum absolute atomic E-state index is 0.0827. The zero-order valence-electron chi connectivity index (χ0n) is 11.2. The molecule has 0 saturated heterocycles. The zero-order chi connectivity index (χ0) is 13.9. The smallest absolute Gasteiger partial charge is 0.157 e. The monoisotopic (exact) mass is 267 g/mol. The molecule has 0 unspecified atom stereocenters. The van der Waals surface area contributed by atoms with Gasteiger partial charge in [-0.3, -0.25) is 4.90 Å². The Morgan fingerprint density at radius 2 is 1.65 bits per heavy atom. The van der Waals surface area contributed by atoms with Gasteiger partial charge in [0.15, 0.2) is 11.5 Å². The molecule has 1 heterocycles. The van der Waals surface area contributed by atoms with Crippen molar-refractivity contribution < 1.29 is 10.2 Å². The molecule has 1 aliphatic rings. The first-order chi connectivity index (χ1) is 9.72. The van der Waals surface area contributed by atoms with Crippen molar-refractivity contribution in [2.24, 2.45) is 0 Å². The lowest BCUT2D eigenvalue weighted by molar-refractivity contribution is 0.317. The highest BCUT2D eigenvalue weighted by atomic mass is 16.3. The van der Waals surface area contributed by atoms with E-state index < -0.39 is 0 Å². The van der Waals surface area contributed by atoms with Gasteiger partial charge in [0.2, 0.25) is 0 Å². The van der Waals surface area contributed by atoms with E-state index >= 15 is 0 Å². The first-order valence-corrected chi connectivity index (χ1v) is 6.70. The zero-order valence-corrected chi connectivity index (χ0v) is 11.2. The van der Waals surface area contributed by atoms with Crippen LogP contribution in [0.1, 0.15) is 16.7 Å². The first kappa shape index (κ1) is 12.8. The summed E-state index contributed by atoms with van der Waals surface area (Å²) in [7, 11) is 0. The fourth-order valence-electron chi connectivity index (χ4n) is 2.51. The number of nitrogens with zero attached hydrogens (tertiary/aromatic N) is 1. The average molecular weight is 267 g/mol. The van der Waals surface area contributed by atoms with Crippen molar-refractivity contribution in [3.05, 3.63) is 65.2 Å². The lowest BCUT2D eigenvalue weighted by Crippen LogP contribution is -2.15. The van der Waals surface area contributed by atoms with E-state index in [0.717, 1.165) is 25.2 Å². The van der Waals surface area contributed by atoms with E-state index in [-0.39, 0.29) is 11.5 Å². The summed E-state index contributed by atoms with van der Waals surface area (Å²) in [4.78, 5) is 2.36. The summed E-state index contributed by atoms with van der Waals surface area (Å²) in [6.45, 7) is 2.85. The Balaban J connectivity index is 1.61. The molecule has 1 aliphatic heterocycles. The predicted molar refractivity (Wildman–Crippen MR) is 79.4 cm³/mol. The van der Waals surface area contributed by atoms with Crippen molar-refractivity contribution in [2.45, 2.75) is 13.1 Å². The normalized spacial score (nSPS) is 14.8. The summed E-state index contributed by atoms with van der Waals surface area (Å²) in [6.07, 6.45) is 4.04. The largest absolute Gasteiger partial charge is 0.504 e. The van der Waals surface area contributed by atoms with Gasteiger partial charge in [-0.1, -0.05) is 42.5 Å². The molecule has 0 atom stereocenters. The van der Waals surface area contributed by atoms with Gasteiger partial charge < -0.3 is 10.2 Å². The number of benzene rings is 2. The van der Waals surface area contributed by atoms with Gasteiger partial charge in [-0.05, 0) is 28.8 Å². The third-order valence-corrected chi connectivity index (χ3v) is 3.58. The van der Waals surface area contributed by atoms with E-state index in [2.05, 4.69) is 35.2 Å². The molecule has 0 radical (unpaired) electrons. The first-order valence-electron chi connectivity index (χ1n) is 6.70.